The van der Waals surface area contributed by atoms with Crippen molar-refractivity contribution in [1.82, 2.24) is 30.8 Å². The Bertz CT molecular complexity index is 1330. The molecule has 0 aliphatic rings. The first kappa shape index (κ1) is 30.5. The minimum Gasteiger partial charge on any atom is -0.481 e. The van der Waals surface area contributed by atoms with Crippen molar-refractivity contribution in [3.8, 4) is 0 Å². The van der Waals surface area contributed by atoms with Crippen LogP contribution < -0.4 is 10.6 Å². The molecule has 12 nitrogen and oxygen atoms in total. The lowest BCUT2D eigenvalue weighted by molar-refractivity contribution is -0.140. The second-order valence-corrected chi connectivity index (χ2v) is 9.98. The average molecular weight is 591 g/mol. The van der Waals surface area contributed by atoms with E-state index in [-0.39, 0.29) is 18.9 Å². The van der Waals surface area contributed by atoms with Gasteiger partial charge in [0.2, 0.25) is 5.91 Å². The number of carbonyl (C=O) groups excluding carboxylic acids is 3. The monoisotopic (exact) mass is 590 g/mol. The first-order valence-electron chi connectivity index (χ1n) is 12.2. The third-order valence-electron chi connectivity index (χ3n) is 5.71. The van der Waals surface area contributed by atoms with E-state index in [1.54, 1.807) is 56.3 Å². The molecule has 2 aromatic carbocycles. The maximum absolute atomic E-state index is 13.0. The number of hydrogen-bond acceptors (Lipinski definition) is 8. The zero-order chi connectivity index (χ0) is 29.2. The van der Waals surface area contributed by atoms with Crippen LogP contribution in [0.4, 0.5) is 4.79 Å². The number of amides is 2. The molecule has 0 saturated carbocycles. The Morgan fingerprint density at radius 2 is 1.68 bits per heavy atom. The number of benzene rings is 2. The number of aliphatic carboxylic acids is 1. The molecule has 0 aliphatic carbocycles. The second-order valence-electron chi connectivity index (χ2n) is 9.17. The van der Waals surface area contributed by atoms with Crippen molar-refractivity contribution in [2.24, 2.45) is 5.92 Å². The van der Waals surface area contributed by atoms with Crippen molar-refractivity contribution in [2.45, 2.75) is 51.9 Å². The smallest absolute Gasteiger partial charge is 0.408 e. The first-order chi connectivity index (χ1) is 19.0. The lowest BCUT2D eigenvalue weighted by atomic mass is 10.0. The van der Waals surface area contributed by atoms with Gasteiger partial charge in [-0.2, -0.15) is 4.80 Å². The maximum atomic E-state index is 13.0. The Labute approximate surface area is 240 Å². The molecule has 0 radical (unpaired) electrons. The molecule has 0 spiro atoms. The summed E-state index contributed by atoms with van der Waals surface area (Å²) in [6, 6.07) is 11.5. The number of ketones is 1. The van der Waals surface area contributed by atoms with Crippen molar-refractivity contribution < 1.29 is 29.0 Å². The Morgan fingerprint density at radius 3 is 2.30 bits per heavy atom. The Kier molecular flexibility index (Phi) is 11.0. The summed E-state index contributed by atoms with van der Waals surface area (Å²) >= 11 is 12.4. The van der Waals surface area contributed by atoms with Gasteiger partial charge < -0.3 is 20.5 Å². The molecule has 40 heavy (non-hydrogen) atoms. The van der Waals surface area contributed by atoms with Crippen molar-refractivity contribution in [1.29, 1.82) is 0 Å². The zero-order valence-electron chi connectivity index (χ0n) is 21.7. The van der Waals surface area contributed by atoms with Gasteiger partial charge in [0.15, 0.2) is 11.6 Å². The lowest BCUT2D eigenvalue weighted by Crippen LogP contribution is -2.54. The molecule has 2 atom stereocenters. The molecule has 0 fully saturated rings. The number of alkyl carbamates (subject to hydrolysis) is 1. The number of ether oxygens (including phenoxy) is 1. The van der Waals surface area contributed by atoms with Gasteiger partial charge in [-0.05, 0) is 34.4 Å². The third kappa shape index (κ3) is 9.02. The van der Waals surface area contributed by atoms with E-state index in [4.69, 9.17) is 27.9 Å². The predicted octanol–water partition coefficient (Wildman–Crippen LogP) is 3.05. The highest BCUT2D eigenvalue weighted by Crippen LogP contribution is 2.25. The summed E-state index contributed by atoms with van der Waals surface area (Å²) in [5.74, 6) is -2.90. The zero-order valence-corrected chi connectivity index (χ0v) is 23.2. The van der Waals surface area contributed by atoms with E-state index >= 15 is 0 Å². The van der Waals surface area contributed by atoms with Crippen LogP contribution in [0.25, 0.3) is 0 Å². The van der Waals surface area contributed by atoms with Gasteiger partial charge in [-0.15, -0.1) is 10.2 Å². The van der Waals surface area contributed by atoms with Gasteiger partial charge in [-0.3, -0.25) is 14.4 Å². The summed E-state index contributed by atoms with van der Waals surface area (Å²) in [7, 11) is 0. The fourth-order valence-electron chi connectivity index (χ4n) is 3.63. The minimum atomic E-state index is -1.42. The number of Topliss-reactive ketones (excluding diaryl/α,β-unsaturated/α-hetero) is 1. The highest BCUT2D eigenvalue weighted by molar-refractivity contribution is 6.36. The largest absolute Gasteiger partial charge is 0.481 e. The molecule has 1 unspecified atom stereocenters. The molecule has 14 heteroatoms. The van der Waals surface area contributed by atoms with E-state index < -0.39 is 54.7 Å². The van der Waals surface area contributed by atoms with E-state index in [9.17, 15) is 24.3 Å². The van der Waals surface area contributed by atoms with Crippen molar-refractivity contribution in [3.05, 3.63) is 75.5 Å². The number of carboxylic acid groups (broad SMARTS) is 1. The fourth-order valence-corrected chi connectivity index (χ4v) is 4.16. The number of rotatable bonds is 13. The number of halogens is 2. The molecule has 0 saturated heterocycles. The van der Waals surface area contributed by atoms with E-state index in [1.807, 2.05) is 6.07 Å². The Morgan fingerprint density at radius 1 is 1.00 bits per heavy atom. The van der Waals surface area contributed by atoms with Gasteiger partial charge in [-0.25, -0.2) is 4.79 Å². The third-order valence-corrected chi connectivity index (χ3v) is 6.42. The molecule has 212 valence electrons. The number of nitrogens with one attached hydrogen (secondary N) is 2. The molecule has 3 aromatic rings. The molecule has 1 aromatic heterocycles. The van der Waals surface area contributed by atoms with Crippen LogP contribution in [0.2, 0.25) is 10.0 Å². The number of nitrogens with zero attached hydrogens (tertiary/aromatic N) is 4. The van der Waals surface area contributed by atoms with Crippen LogP contribution in [0.15, 0.2) is 48.5 Å². The van der Waals surface area contributed by atoms with Crippen molar-refractivity contribution in [3.63, 3.8) is 0 Å². The summed E-state index contributed by atoms with van der Waals surface area (Å²) in [6.45, 7) is 2.90. The minimum absolute atomic E-state index is 0.00515. The highest BCUT2D eigenvalue weighted by Gasteiger charge is 2.31. The van der Waals surface area contributed by atoms with Gasteiger partial charge in [0, 0.05) is 16.5 Å². The Balaban J connectivity index is 1.63. The number of tetrazole rings is 1. The lowest BCUT2D eigenvalue weighted by Gasteiger charge is -2.24. The number of carboxylic acids is 1. The maximum Gasteiger partial charge on any atom is 0.408 e. The van der Waals surface area contributed by atoms with Crippen LogP contribution >= 0.6 is 23.2 Å². The Hall–Kier alpha value is -4.03. The topological polar surface area (TPSA) is 165 Å². The highest BCUT2D eigenvalue weighted by atomic mass is 35.5. The quantitative estimate of drug-likeness (QED) is 0.271. The molecule has 0 aliphatic heterocycles. The average Bonchev–Trinajstić information content (AvgIpc) is 3.34. The number of hydrogen-bond donors (Lipinski definition) is 3. The van der Waals surface area contributed by atoms with Gasteiger partial charge in [-0.1, -0.05) is 73.4 Å². The first-order valence-corrected chi connectivity index (χ1v) is 13.0. The number of aromatic nitrogens is 4. The summed E-state index contributed by atoms with van der Waals surface area (Å²) in [5, 5.41) is 26.9. The van der Waals surface area contributed by atoms with Crippen LogP contribution in [-0.4, -0.2) is 61.2 Å². The van der Waals surface area contributed by atoms with Crippen LogP contribution in [0.5, 0.6) is 0 Å². The predicted molar refractivity (Wildman–Crippen MR) is 145 cm³/mol. The van der Waals surface area contributed by atoms with Crippen LogP contribution in [0, 0.1) is 5.92 Å². The van der Waals surface area contributed by atoms with Crippen LogP contribution in [0.1, 0.15) is 37.2 Å². The fraction of sp³-hybridized carbons (Fsp3) is 0.346. The second kappa shape index (κ2) is 14.4. The summed E-state index contributed by atoms with van der Waals surface area (Å²) < 4.78 is 5.18. The summed E-state index contributed by atoms with van der Waals surface area (Å²) in [5.41, 5.74) is 1.34. The SMILES string of the molecule is CC(C)[C@H](NC(=O)OCc1ccccc1)C(=O)NC(CC(=O)O)C(=O)Cn1nnc(Cc2c(Cl)cccc2Cl)n1. The summed E-state index contributed by atoms with van der Waals surface area (Å²) in [4.78, 5) is 50.8. The van der Waals surface area contributed by atoms with Gasteiger partial charge in [0.25, 0.3) is 0 Å². The standard InChI is InChI=1S/C26H28Cl2N6O6/c1-15(2)24(30-26(39)40-14-16-7-4-3-5-8-16)25(38)29-20(12-23(36)37)21(35)13-34-32-22(31-33-34)11-17-18(27)9-6-10-19(17)28/h3-10,15,20,24H,11-14H2,1-2H3,(H,29,38)(H,30,39)(H,36,37)/t20?,24-/m0/s1. The van der Waals surface area contributed by atoms with Crippen molar-refractivity contribution in [2.75, 3.05) is 0 Å². The molecule has 1 heterocycles. The van der Waals surface area contributed by atoms with Crippen LogP contribution in [0.3, 0.4) is 0 Å². The van der Waals surface area contributed by atoms with Gasteiger partial charge in [0.05, 0.1) is 6.42 Å². The molecule has 3 N–H and O–H groups in total. The van der Waals surface area contributed by atoms with E-state index in [2.05, 4.69) is 26.0 Å². The summed E-state index contributed by atoms with van der Waals surface area (Å²) in [6.07, 6.45) is -1.37. The molecule has 0 bridgehead atoms. The van der Waals surface area contributed by atoms with E-state index in [0.29, 0.717) is 15.6 Å². The van der Waals surface area contributed by atoms with Crippen molar-refractivity contribution >= 4 is 47.0 Å². The van der Waals surface area contributed by atoms with E-state index in [1.165, 1.54) is 0 Å². The van der Waals surface area contributed by atoms with Crippen LogP contribution in [-0.2, 0) is 38.7 Å². The molecule has 3 rings (SSSR count). The molecule has 2 amide bonds. The van der Waals surface area contributed by atoms with E-state index in [0.717, 1.165) is 10.4 Å². The van der Waals surface area contributed by atoms with Gasteiger partial charge in [0.1, 0.15) is 25.2 Å². The number of carbonyl (C=O) groups is 4. The molecular formula is C26H28Cl2N6O6. The van der Waals surface area contributed by atoms with Gasteiger partial charge >= 0.3 is 12.1 Å². The molecular weight excluding hydrogens is 563 g/mol. The normalized spacial score (nSPS) is 12.4.